The first-order valence-electron chi connectivity index (χ1n) is 30.2. The van der Waals surface area contributed by atoms with Crippen LogP contribution in [0.1, 0.15) is 284 Å². The fourth-order valence-electron chi connectivity index (χ4n) is 8.41. The highest BCUT2D eigenvalue weighted by Crippen LogP contribution is 2.17. The van der Waals surface area contributed by atoms with Gasteiger partial charge in [0.05, 0.1) is 0 Å². The van der Waals surface area contributed by atoms with E-state index in [9.17, 15) is 14.4 Å². The summed E-state index contributed by atoms with van der Waals surface area (Å²) < 4.78 is 16.7. The number of hydrogen-bond donors (Lipinski definition) is 0. The van der Waals surface area contributed by atoms with E-state index < -0.39 is 12.1 Å². The monoisotopic (exact) mass is 1000 g/mol. The Kier molecular flexibility index (Phi) is 56.8. The Morgan fingerprint density at radius 2 is 0.542 bits per heavy atom. The summed E-state index contributed by atoms with van der Waals surface area (Å²) in [4.78, 5) is 38.0. The second-order valence-corrected chi connectivity index (χ2v) is 19.9. The third kappa shape index (κ3) is 57.2. The first-order valence-corrected chi connectivity index (χ1v) is 30.2. The normalized spacial score (nSPS) is 12.8. The quantitative estimate of drug-likeness (QED) is 0.0261. The molecule has 0 saturated heterocycles. The van der Waals surface area contributed by atoms with E-state index in [2.05, 4.69) is 93.7 Å². The Hall–Kier alpha value is -3.67. The van der Waals surface area contributed by atoms with E-state index in [-0.39, 0.29) is 38.0 Å². The zero-order valence-corrected chi connectivity index (χ0v) is 47.2. The van der Waals surface area contributed by atoms with Crippen LogP contribution in [-0.2, 0) is 28.6 Å². The Morgan fingerprint density at radius 3 is 0.847 bits per heavy atom. The molecule has 412 valence electrons. The highest BCUT2D eigenvalue weighted by molar-refractivity contribution is 5.71. The summed E-state index contributed by atoms with van der Waals surface area (Å²) in [5, 5.41) is 0. The van der Waals surface area contributed by atoms with Crippen molar-refractivity contribution in [2.75, 3.05) is 13.2 Å². The molecule has 0 heterocycles. The van der Waals surface area contributed by atoms with Gasteiger partial charge in [-0.05, 0) is 70.6 Å². The Morgan fingerprint density at radius 1 is 0.292 bits per heavy atom. The average Bonchev–Trinajstić information content (AvgIpc) is 3.38. The largest absolute Gasteiger partial charge is 0.462 e. The number of esters is 3. The van der Waals surface area contributed by atoms with E-state index in [0.717, 1.165) is 70.6 Å². The molecule has 0 aliphatic rings. The minimum absolute atomic E-state index is 0.127. The maximum Gasteiger partial charge on any atom is 0.306 e. The van der Waals surface area contributed by atoms with Gasteiger partial charge in [-0.2, -0.15) is 0 Å². The fraction of sp³-hybridized carbons (Fsp3) is 0.712. The van der Waals surface area contributed by atoms with E-state index in [1.165, 1.54) is 161 Å². The lowest BCUT2D eigenvalue weighted by atomic mass is 10.0. The van der Waals surface area contributed by atoms with Crippen molar-refractivity contribution in [3.63, 3.8) is 0 Å². The molecule has 0 fully saturated rings. The molecule has 0 aliphatic carbocycles. The molecule has 0 radical (unpaired) electrons. The molecule has 6 heteroatoms. The van der Waals surface area contributed by atoms with Gasteiger partial charge < -0.3 is 14.2 Å². The summed E-state index contributed by atoms with van der Waals surface area (Å²) in [6, 6.07) is 0. The van der Waals surface area contributed by atoms with E-state index in [1.54, 1.807) is 0 Å². The van der Waals surface area contributed by atoms with Crippen molar-refractivity contribution in [3.8, 4) is 0 Å². The number of carbonyl (C=O) groups excluding carboxylic acids is 3. The third-order valence-electron chi connectivity index (χ3n) is 12.9. The predicted molar refractivity (Wildman–Crippen MR) is 311 cm³/mol. The molecule has 0 N–H and O–H groups in total. The second kappa shape index (κ2) is 59.9. The summed E-state index contributed by atoms with van der Waals surface area (Å²) in [6.45, 7) is 6.30. The number of hydrogen-bond acceptors (Lipinski definition) is 6. The lowest BCUT2D eigenvalue weighted by molar-refractivity contribution is -0.166. The van der Waals surface area contributed by atoms with Crippen molar-refractivity contribution in [1.82, 2.24) is 0 Å². The molecule has 0 amide bonds. The molecular weight excluding hydrogens is 889 g/mol. The van der Waals surface area contributed by atoms with Gasteiger partial charge in [0.2, 0.25) is 0 Å². The maximum absolute atomic E-state index is 12.8. The zero-order valence-electron chi connectivity index (χ0n) is 47.2. The minimum atomic E-state index is -0.844. The molecule has 6 nitrogen and oxygen atoms in total. The van der Waals surface area contributed by atoms with E-state index in [4.69, 9.17) is 14.2 Å². The zero-order chi connectivity index (χ0) is 52.2. The summed E-state index contributed by atoms with van der Waals surface area (Å²) in [7, 11) is 0. The van der Waals surface area contributed by atoms with Gasteiger partial charge in [-0.3, -0.25) is 14.4 Å². The molecule has 0 rings (SSSR count). The van der Waals surface area contributed by atoms with Crippen LogP contribution in [0, 0.1) is 0 Å². The first kappa shape index (κ1) is 68.3. The van der Waals surface area contributed by atoms with Gasteiger partial charge in [0.25, 0.3) is 0 Å². The second-order valence-electron chi connectivity index (χ2n) is 19.9. The van der Waals surface area contributed by atoms with Crippen molar-refractivity contribution in [2.45, 2.75) is 290 Å². The van der Waals surface area contributed by atoms with Crippen LogP contribution in [0.3, 0.4) is 0 Å². The van der Waals surface area contributed by atoms with E-state index in [1.807, 2.05) is 24.3 Å². The Balaban J connectivity index is 4.25. The van der Waals surface area contributed by atoms with Gasteiger partial charge in [-0.15, -0.1) is 0 Å². The standard InChI is InChI=1S/C66H112O6/c1-4-7-10-13-16-19-22-25-26-27-28-29-30-31-32-33-34-35-36-37-38-39-42-44-47-50-53-56-59-65(68)71-62-63(72-66(69)60-57-54-51-48-45-41-24-21-18-15-12-9-6-3)61-70-64(67)58-55-52-49-46-43-40-23-20-17-14-11-8-5-2/h8-9,11-12,17-18,20-21,40-41,43,45,49,51-52,54,63H,4-7,10,13-16,19,22-39,42,44,46-48,50,53,55-62H2,1-3H3/b11-8-,12-9-,20-17-,21-18-,43-40-,45-41-,52-49-,54-51-. The summed E-state index contributed by atoms with van der Waals surface area (Å²) in [6.07, 6.45) is 80.4. The van der Waals surface area contributed by atoms with Gasteiger partial charge in [-0.1, -0.05) is 291 Å². The van der Waals surface area contributed by atoms with Crippen molar-refractivity contribution < 1.29 is 28.6 Å². The number of unbranched alkanes of at least 4 members (excludes halogenated alkanes) is 27. The molecule has 0 bridgehead atoms. The molecule has 0 aromatic carbocycles. The Bertz CT molecular complexity index is 1430. The molecule has 0 aromatic heterocycles. The molecule has 0 aromatic rings. The first-order chi connectivity index (χ1) is 35.5. The lowest BCUT2D eigenvalue weighted by Gasteiger charge is -2.18. The fourth-order valence-corrected chi connectivity index (χ4v) is 8.41. The van der Waals surface area contributed by atoms with Crippen LogP contribution < -0.4 is 0 Å². The molecule has 1 unspecified atom stereocenters. The highest BCUT2D eigenvalue weighted by atomic mass is 16.6. The van der Waals surface area contributed by atoms with Crippen LogP contribution in [0.4, 0.5) is 0 Å². The predicted octanol–water partition coefficient (Wildman–Crippen LogP) is 20.5. The number of carbonyl (C=O) groups is 3. The molecule has 72 heavy (non-hydrogen) atoms. The van der Waals surface area contributed by atoms with Gasteiger partial charge in [0.15, 0.2) is 6.10 Å². The molecule has 0 spiro atoms. The number of allylic oxidation sites excluding steroid dienone is 16. The minimum Gasteiger partial charge on any atom is -0.462 e. The summed E-state index contributed by atoms with van der Waals surface area (Å²) in [5.74, 6) is -1.09. The van der Waals surface area contributed by atoms with E-state index >= 15 is 0 Å². The van der Waals surface area contributed by atoms with Gasteiger partial charge in [0, 0.05) is 19.3 Å². The number of ether oxygens (including phenoxy) is 3. The molecule has 0 saturated carbocycles. The van der Waals surface area contributed by atoms with Gasteiger partial charge in [0.1, 0.15) is 13.2 Å². The molecule has 0 aliphatic heterocycles. The van der Waals surface area contributed by atoms with Crippen molar-refractivity contribution in [1.29, 1.82) is 0 Å². The maximum atomic E-state index is 12.8. The van der Waals surface area contributed by atoms with Crippen LogP contribution in [0.15, 0.2) is 97.2 Å². The topological polar surface area (TPSA) is 78.9 Å². The van der Waals surface area contributed by atoms with Gasteiger partial charge >= 0.3 is 17.9 Å². The smallest absolute Gasteiger partial charge is 0.306 e. The van der Waals surface area contributed by atoms with Crippen LogP contribution in [-0.4, -0.2) is 37.2 Å². The van der Waals surface area contributed by atoms with Crippen LogP contribution >= 0.6 is 0 Å². The Labute approximate surface area is 445 Å². The highest BCUT2D eigenvalue weighted by Gasteiger charge is 2.19. The summed E-state index contributed by atoms with van der Waals surface area (Å²) in [5.41, 5.74) is 0. The number of rotatable bonds is 54. The van der Waals surface area contributed by atoms with Crippen LogP contribution in [0.25, 0.3) is 0 Å². The molecule has 1 atom stereocenters. The SMILES string of the molecule is CC/C=C\C/C=C\C/C=C\C/C=C\CCC(=O)OCC(COC(=O)CCCCCCCCCCCCCCCCCCCCCCCCCCCCCC)OC(=O)CC/C=C\C/C=C\C/C=C\C/C=C\CC. The molecular formula is C66H112O6. The van der Waals surface area contributed by atoms with Gasteiger partial charge in [-0.25, -0.2) is 0 Å². The van der Waals surface area contributed by atoms with Crippen molar-refractivity contribution >= 4 is 17.9 Å². The van der Waals surface area contributed by atoms with E-state index in [0.29, 0.717) is 19.3 Å². The van der Waals surface area contributed by atoms with Crippen LogP contribution in [0.5, 0.6) is 0 Å². The summed E-state index contributed by atoms with van der Waals surface area (Å²) >= 11 is 0. The average molecular weight is 1000 g/mol. The van der Waals surface area contributed by atoms with Crippen LogP contribution in [0.2, 0.25) is 0 Å². The third-order valence-corrected chi connectivity index (χ3v) is 12.9. The van der Waals surface area contributed by atoms with Crippen molar-refractivity contribution in [2.24, 2.45) is 0 Å². The lowest BCUT2D eigenvalue weighted by Crippen LogP contribution is -2.30. The van der Waals surface area contributed by atoms with Crippen molar-refractivity contribution in [3.05, 3.63) is 97.2 Å².